The first-order chi connectivity index (χ1) is 15.0. The van der Waals surface area contributed by atoms with Crippen molar-refractivity contribution in [2.24, 2.45) is 5.92 Å². The monoisotopic (exact) mass is 439 g/mol. The summed E-state index contributed by atoms with van der Waals surface area (Å²) in [5.74, 6) is 1.47. The Bertz CT molecular complexity index is 859. The summed E-state index contributed by atoms with van der Waals surface area (Å²) in [6, 6.07) is 15.8. The molecule has 0 spiro atoms. The number of nitrogens with zero attached hydrogens (tertiary/aromatic N) is 1. The van der Waals surface area contributed by atoms with Crippen molar-refractivity contribution in [1.82, 2.24) is 10.2 Å². The summed E-state index contributed by atoms with van der Waals surface area (Å²) in [4.78, 5) is 14.6. The Morgan fingerprint density at radius 1 is 1.03 bits per heavy atom. The molecule has 2 aromatic carbocycles. The maximum atomic E-state index is 12.6. The number of nitrogens with one attached hydrogen (secondary N) is 2. The van der Waals surface area contributed by atoms with Gasteiger partial charge in [0.25, 0.3) is 5.91 Å². The summed E-state index contributed by atoms with van der Waals surface area (Å²) < 4.78 is 5.27. The number of piperidine rings is 1. The summed E-state index contributed by atoms with van der Waals surface area (Å²) in [7, 11) is 1.67. The number of ether oxygens (including phenoxy) is 1. The van der Waals surface area contributed by atoms with Crippen LogP contribution >= 0.6 is 12.2 Å². The van der Waals surface area contributed by atoms with Gasteiger partial charge in [-0.1, -0.05) is 26.0 Å². The molecule has 166 valence electrons. The standard InChI is InChI=1S/C25H33N3O2S/c1-18(2)17-23(19-9-13-22(30-3)14-10-19)27-25(31)26-21-11-7-20(8-12-21)24(29)28-15-5-4-6-16-28/h7-14,18,23H,4-6,15-17H2,1-3H3,(H2,26,27,31)/t23-/m1/s1. The lowest BCUT2D eigenvalue weighted by molar-refractivity contribution is 0.0724. The lowest BCUT2D eigenvalue weighted by Gasteiger charge is -2.26. The molecule has 2 N–H and O–H groups in total. The van der Waals surface area contributed by atoms with Crippen LogP contribution in [-0.2, 0) is 0 Å². The number of benzene rings is 2. The van der Waals surface area contributed by atoms with E-state index in [2.05, 4.69) is 36.6 Å². The summed E-state index contributed by atoms with van der Waals surface area (Å²) in [6.45, 7) is 6.12. The van der Waals surface area contributed by atoms with Crippen molar-refractivity contribution < 1.29 is 9.53 Å². The number of methoxy groups -OCH3 is 1. The predicted molar refractivity (Wildman–Crippen MR) is 131 cm³/mol. The van der Waals surface area contributed by atoms with Gasteiger partial charge in [0.05, 0.1) is 13.2 Å². The fourth-order valence-electron chi connectivity index (χ4n) is 3.89. The van der Waals surface area contributed by atoms with Crippen LogP contribution in [0, 0.1) is 5.92 Å². The smallest absolute Gasteiger partial charge is 0.253 e. The fourth-order valence-corrected chi connectivity index (χ4v) is 4.15. The quantitative estimate of drug-likeness (QED) is 0.566. The van der Waals surface area contributed by atoms with E-state index in [-0.39, 0.29) is 11.9 Å². The number of carbonyl (C=O) groups is 1. The van der Waals surface area contributed by atoms with Gasteiger partial charge in [-0.15, -0.1) is 0 Å². The molecule has 2 aromatic rings. The maximum absolute atomic E-state index is 12.6. The molecule has 1 amide bonds. The van der Waals surface area contributed by atoms with Crippen molar-refractivity contribution in [3.05, 3.63) is 59.7 Å². The summed E-state index contributed by atoms with van der Waals surface area (Å²) >= 11 is 5.58. The van der Waals surface area contributed by atoms with Crippen molar-refractivity contribution in [2.75, 3.05) is 25.5 Å². The number of rotatable bonds is 7. The first-order valence-corrected chi connectivity index (χ1v) is 11.5. The van der Waals surface area contributed by atoms with Gasteiger partial charge in [-0.3, -0.25) is 4.79 Å². The minimum atomic E-state index is 0.103. The number of carbonyl (C=O) groups excluding carboxylic acids is 1. The Morgan fingerprint density at radius 3 is 2.26 bits per heavy atom. The summed E-state index contributed by atoms with van der Waals surface area (Å²) in [6.07, 6.45) is 4.36. The molecule has 5 nitrogen and oxygen atoms in total. The molecule has 0 aromatic heterocycles. The number of hydrogen-bond donors (Lipinski definition) is 2. The number of amides is 1. The van der Waals surface area contributed by atoms with Gasteiger partial charge in [0.2, 0.25) is 0 Å². The molecule has 3 rings (SSSR count). The van der Waals surface area contributed by atoms with Gasteiger partial charge in [-0.2, -0.15) is 0 Å². The SMILES string of the molecule is COc1ccc([C@@H](CC(C)C)NC(=S)Nc2ccc(C(=O)N3CCCCC3)cc2)cc1. The van der Waals surface area contributed by atoms with Gasteiger partial charge in [-0.25, -0.2) is 0 Å². The molecule has 1 atom stereocenters. The molecule has 1 aliphatic rings. The molecule has 0 aliphatic carbocycles. The molecule has 0 unspecified atom stereocenters. The van der Waals surface area contributed by atoms with E-state index < -0.39 is 0 Å². The van der Waals surface area contributed by atoms with Gasteiger partial charge in [-0.05, 0) is 85.8 Å². The highest BCUT2D eigenvalue weighted by Gasteiger charge is 2.18. The molecule has 1 aliphatic heterocycles. The zero-order chi connectivity index (χ0) is 22.2. The Balaban J connectivity index is 1.61. The van der Waals surface area contributed by atoms with E-state index in [9.17, 15) is 4.79 Å². The van der Waals surface area contributed by atoms with E-state index >= 15 is 0 Å². The van der Waals surface area contributed by atoms with Gasteiger partial charge in [0.15, 0.2) is 5.11 Å². The Labute approximate surface area is 191 Å². The van der Waals surface area contributed by atoms with Crippen molar-refractivity contribution in [3.8, 4) is 5.75 Å². The first kappa shape index (κ1) is 23.1. The summed E-state index contributed by atoms with van der Waals surface area (Å²) in [5, 5.41) is 7.26. The molecular weight excluding hydrogens is 406 g/mol. The lowest BCUT2D eigenvalue weighted by atomic mass is 9.97. The normalized spacial score (nSPS) is 14.8. The Kier molecular flexibility index (Phi) is 8.29. The lowest BCUT2D eigenvalue weighted by Crippen LogP contribution is -2.35. The van der Waals surface area contributed by atoms with Crippen molar-refractivity contribution >= 4 is 28.9 Å². The molecule has 0 bridgehead atoms. The third kappa shape index (κ3) is 6.69. The van der Waals surface area contributed by atoms with Crippen LogP contribution in [0.5, 0.6) is 5.75 Å². The van der Waals surface area contributed by atoms with Gasteiger partial charge in [0, 0.05) is 24.3 Å². The average Bonchev–Trinajstić information content (AvgIpc) is 2.79. The second-order valence-corrected chi connectivity index (χ2v) is 8.89. The second kappa shape index (κ2) is 11.1. The number of thiocarbonyl (C=S) groups is 1. The number of hydrogen-bond acceptors (Lipinski definition) is 3. The van der Waals surface area contributed by atoms with Crippen molar-refractivity contribution in [1.29, 1.82) is 0 Å². The molecule has 0 saturated carbocycles. The molecule has 1 fully saturated rings. The van der Waals surface area contributed by atoms with Gasteiger partial charge >= 0.3 is 0 Å². The summed E-state index contributed by atoms with van der Waals surface area (Å²) in [5.41, 5.74) is 2.76. The van der Waals surface area contributed by atoms with Gasteiger partial charge < -0.3 is 20.3 Å². The van der Waals surface area contributed by atoms with Crippen LogP contribution in [0.25, 0.3) is 0 Å². The van der Waals surface area contributed by atoms with E-state index in [4.69, 9.17) is 17.0 Å². The predicted octanol–water partition coefficient (Wildman–Crippen LogP) is 5.40. The Morgan fingerprint density at radius 2 is 1.68 bits per heavy atom. The number of likely N-dealkylation sites (tertiary alicyclic amines) is 1. The second-order valence-electron chi connectivity index (χ2n) is 8.48. The molecule has 1 heterocycles. The third-order valence-electron chi connectivity index (χ3n) is 5.56. The highest BCUT2D eigenvalue weighted by Crippen LogP contribution is 2.24. The highest BCUT2D eigenvalue weighted by molar-refractivity contribution is 7.80. The minimum Gasteiger partial charge on any atom is -0.497 e. The number of anilines is 1. The topological polar surface area (TPSA) is 53.6 Å². The van der Waals surface area contributed by atoms with Crippen LogP contribution in [0.4, 0.5) is 5.69 Å². The minimum absolute atomic E-state index is 0.103. The molecule has 0 radical (unpaired) electrons. The van der Waals surface area contributed by atoms with E-state index in [1.54, 1.807) is 7.11 Å². The largest absolute Gasteiger partial charge is 0.497 e. The molecule has 6 heteroatoms. The van der Waals surface area contributed by atoms with Crippen LogP contribution in [0.15, 0.2) is 48.5 Å². The van der Waals surface area contributed by atoms with Crippen LogP contribution in [0.1, 0.15) is 61.5 Å². The maximum Gasteiger partial charge on any atom is 0.253 e. The van der Waals surface area contributed by atoms with E-state index in [0.717, 1.165) is 49.4 Å². The van der Waals surface area contributed by atoms with E-state index in [1.165, 1.54) is 12.0 Å². The highest BCUT2D eigenvalue weighted by atomic mass is 32.1. The van der Waals surface area contributed by atoms with Crippen molar-refractivity contribution in [2.45, 2.75) is 45.6 Å². The average molecular weight is 440 g/mol. The van der Waals surface area contributed by atoms with E-state index in [1.807, 2.05) is 41.3 Å². The zero-order valence-electron chi connectivity index (χ0n) is 18.7. The van der Waals surface area contributed by atoms with Crippen molar-refractivity contribution in [3.63, 3.8) is 0 Å². The molecule has 1 saturated heterocycles. The van der Waals surface area contributed by atoms with Crippen LogP contribution in [-0.4, -0.2) is 36.1 Å². The molecule has 31 heavy (non-hydrogen) atoms. The first-order valence-electron chi connectivity index (χ1n) is 11.1. The molecular formula is C25H33N3O2S. The van der Waals surface area contributed by atoms with Crippen LogP contribution < -0.4 is 15.4 Å². The Hall–Kier alpha value is -2.60. The van der Waals surface area contributed by atoms with Crippen LogP contribution in [0.2, 0.25) is 0 Å². The van der Waals surface area contributed by atoms with Crippen LogP contribution in [0.3, 0.4) is 0 Å². The van der Waals surface area contributed by atoms with E-state index in [0.29, 0.717) is 11.0 Å². The fraction of sp³-hybridized carbons (Fsp3) is 0.440. The third-order valence-corrected chi connectivity index (χ3v) is 5.78. The zero-order valence-corrected chi connectivity index (χ0v) is 19.5. The van der Waals surface area contributed by atoms with Gasteiger partial charge in [0.1, 0.15) is 5.75 Å².